The first-order chi connectivity index (χ1) is 9.53. The summed E-state index contributed by atoms with van der Waals surface area (Å²) in [6, 6.07) is 3.46. The lowest BCUT2D eigenvalue weighted by molar-refractivity contribution is -0.142. The van der Waals surface area contributed by atoms with Crippen LogP contribution in [0, 0.1) is 11.8 Å². The Bertz CT molecular complexity index is 642. The molecule has 0 aliphatic carbocycles. The van der Waals surface area contributed by atoms with Crippen molar-refractivity contribution in [2.24, 2.45) is 11.8 Å². The van der Waals surface area contributed by atoms with Crippen LogP contribution in [0.3, 0.4) is 0 Å². The molecule has 21 heavy (non-hydrogen) atoms. The maximum atomic E-state index is 12.6. The Morgan fingerprint density at radius 2 is 1.95 bits per heavy atom. The zero-order valence-electron chi connectivity index (χ0n) is 12.7. The fourth-order valence-corrected chi connectivity index (χ4v) is 5.51. The van der Waals surface area contributed by atoms with Gasteiger partial charge in [0.05, 0.1) is 5.92 Å². The van der Waals surface area contributed by atoms with Gasteiger partial charge in [-0.05, 0) is 23.5 Å². The minimum atomic E-state index is -3.59. The van der Waals surface area contributed by atoms with Crippen LogP contribution < -0.4 is 0 Å². The van der Waals surface area contributed by atoms with Crippen molar-refractivity contribution in [1.29, 1.82) is 0 Å². The van der Waals surface area contributed by atoms with Gasteiger partial charge in [-0.15, -0.1) is 11.3 Å². The molecule has 2 rings (SSSR count). The number of sulfonamides is 1. The van der Waals surface area contributed by atoms with Gasteiger partial charge in [0, 0.05) is 18.0 Å². The topological polar surface area (TPSA) is 74.7 Å². The van der Waals surface area contributed by atoms with Crippen molar-refractivity contribution in [2.75, 3.05) is 13.1 Å². The van der Waals surface area contributed by atoms with E-state index in [1.807, 2.05) is 26.8 Å². The standard InChI is InChI=1S/C14H21NO4S2/c1-9-7-15(8-10(9)13(16)17)21(18,19)12-6-5-11(20-12)14(2,3)4/h5-6,9-10H,7-8H2,1-4H3,(H,16,17)/t9-,10-/m1/s1. The van der Waals surface area contributed by atoms with Gasteiger partial charge in [0.2, 0.25) is 0 Å². The average Bonchev–Trinajstić information content (AvgIpc) is 2.93. The summed E-state index contributed by atoms with van der Waals surface area (Å²) in [5, 5.41) is 9.13. The number of carbonyl (C=O) groups is 1. The third kappa shape index (κ3) is 3.14. The molecule has 0 spiro atoms. The molecular formula is C14H21NO4S2. The number of thiophene rings is 1. The van der Waals surface area contributed by atoms with Crippen LogP contribution in [0.2, 0.25) is 0 Å². The van der Waals surface area contributed by atoms with Crippen LogP contribution in [-0.4, -0.2) is 36.9 Å². The number of hydrogen-bond donors (Lipinski definition) is 1. The van der Waals surface area contributed by atoms with Crippen molar-refractivity contribution in [2.45, 2.75) is 37.3 Å². The van der Waals surface area contributed by atoms with Gasteiger partial charge in [0.25, 0.3) is 10.0 Å². The second-order valence-corrected chi connectivity index (χ2v) is 9.86. The van der Waals surface area contributed by atoms with Gasteiger partial charge in [-0.25, -0.2) is 8.42 Å². The molecule has 1 saturated heterocycles. The lowest BCUT2D eigenvalue weighted by Gasteiger charge is -2.16. The van der Waals surface area contributed by atoms with Crippen LogP contribution in [-0.2, 0) is 20.2 Å². The number of rotatable bonds is 3. The minimum Gasteiger partial charge on any atom is -0.481 e. The number of carboxylic acid groups (broad SMARTS) is 1. The van der Waals surface area contributed by atoms with E-state index in [0.717, 1.165) is 4.88 Å². The first-order valence-electron chi connectivity index (χ1n) is 6.87. The summed E-state index contributed by atoms with van der Waals surface area (Å²) in [5.41, 5.74) is -0.0969. The molecule has 0 amide bonds. The van der Waals surface area contributed by atoms with E-state index in [4.69, 9.17) is 5.11 Å². The number of hydrogen-bond acceptors (Lipinski definition) is 4. The van der Waals surface area contributed by atoms with E-state index in [1.165, 1.54) is 15.6 Å². The first kappa shape index (κ1) is 16.5. The molecule has 0 radical (unpaired) electrons. The van der Waals surface area contributed by atoms with Crippen molar-refractivity contribution in [3.05, 3.63) is 17.0 Å². The second-order valence-electron chi connectivity index (χ2n) is 6.61. The summed E-state index contributed by atoms with van der Waals surface area (Å²) < 4.78 is 26.9. The van der Waals surface area contributed by atoms with Crippen LogP contribution in [0.1, 0.15) is 32.6 Å². The molecule has 1 aliphatic rings. The van der Waals surface area contributed by atoms with Crippen molar-refractivity contribution in [3.63, 3.8) is 0 Å². The Balaban J connectivity index is 2.27. The Kier molecular flexibility index (Phi) is 4.21. The molecule has 5 nitrogen and oxygen atoms in total. The van der Waals surface area contributed by atoms with Crippen molar-refractivity contribution >= 4 is 27.3 Å². The van der Waals surface area contributed by atoms with Gasteiger partial charge < -0.3 is 5.11 Å². The molecule has 7 heteroatoms. The van der Waals surface area contributed by atoms with E-state index in [1.54, 1.807) is 13.0 Å². The lowest BCUT2D eigenvalue weighted by Crippen LogP contribution is -2.29. The van der Waals surface area contributed by atoms with Crippen molar-refractivity contribution < 1.29 is 18.3 Å². The summed E-state index contributed by atoms with van der Waals surface area (Å²) in [5.74, 6) is -1.72. The van der Waals surface area contributed by atoms with Crippen LogP contribution in [0.25, 0.3) is 0 Å². The minimum absolute atomic E-state index is 0.0571. The highest BCUT2D eigenvalue weighted by molar-refractivity contribution is 7.91. The van der Waals surface area contributed by atoms with Gasteiger partial charge in [-0.3, -0.25) is 4.79 Å². The molecule has 0 saturated carbocycles. The Hall–Kier alpha value is -0.920. The Morgan fingerprint density at radius 3 is 2.38 bits per heavy atom. The lowest BCUT2D eigenvalue weighted by atomic mass is 9.95. The predicted molar refractivity (Wildman–Crippen MR) is 82.1 cm³/mol. The normalized spacial score (nSPS) is 24.4. The molecule has 1 aromatic heterocycles. The van der Waals surface area contributed by atoms with Crippen molar-refractivity contribution in [3.8, 4) is 0 Å². The van der Waals surface area contributed by atoms with Crippen LogP contribution in [0.5, 0.6) is 0 Å². The number of nitrogens with zero attached hydrogens (tertiary/aromatic N) is 1. The molecule has 0 aromatic carbocycles. The maximum Gasteiger partial charge on any atom is 0.308 e. The zero-order valence-corrected chi connectivity index (χ0v) is 14.3. The molecule has 1 aromatic rings. The molecule has 0 bridgehead atoms. The van der Waals surface area contributed by atoms with Gasteiger partial charge in [-0.2, -0.15) is 4.31 Å². The Labute approximate surface area is 129 Å². The van der Waals surface area contributed by atoms with E-state index < -0.39 is 21.9 Å². The zero-order chi connectivity index (χ0) is 16.0. The van der Waals surface area contributed by atoms with Crippen LogP contribution >= 0.6 is 11.3 Å². The van der Waals surface area contributed by atoms with Gasteiger partial charge in [0.15, 0.2) is 0 Å². The molecular weight excluding hydrogens is 310 g/mol. The van der Waals surface area contributed by atoms with E-state index in [9.17, 15) is 13.2 Å². The van der Waals surface area contributed by atoms with Crippen LogP contribution in [0.4, 0.5) is 0 Å². The molecule has 0 unspecified atom stereocenters. The van der Waals surface area contributed by atoms with Gasteiger partial charge >= 0.3 is 5.97 Å². The fourth-order valence-electron chi connectivity index (χ4n) is 2.43. The summed E-state index contributed by atoms with van der Waals surface area (Å²) in [6.45, 7) is 8.21. The highest BCUT2D eigenvalue weighted by Gasteiger charge is 2.41. The molecule has 2 atom stereocenters. The highest BCUT2D eigenvalue weighted by Crippen LogP contribution is 2.35. The monoisotopic (exact) mass is 331 g/mol. The molecule has 2 heterocycles. The largest absolute Gasteiger partial charge is 0.481 e. The van der Waals surface area contributed by atoms with Gasteiger partial charge in [0.1, 0.15) is 4.21 Å². The smallest absolute Gasteiger partial charge is 0.308 e. The molecule has 1 fully saturated rings. The molecule has 1 aliphatic heterocycles. The highest BCUT2D eigenvalue weighted by atomic mass is 32.2. The van der Waals surface area contributed by atoms with E-state index in [2.05, 4.69) is 0 Å². The maximum absolute atomic E-state index is 12.6. The third-order valence-corrected chi connectivity index (χ3v) is 7.62. The summed E-state index contributed by atoms with van der Waals surface area (Å²) in [6.07, 6.45) is 0. The molecule has 1 N–H and O–H groups in total. The first-order valence-corrected chi connectivity index (χ1v) is 9.12. The average molecular weight is 331 g/mol. The third-order valence-electron chi connectivity index (χ3n) is 3.81. The molecule has 118 valence electrons. The number of carboxylic acids is 1. The summed E-state index contributed by atoms with van der Waals surface area (Å²) in [7, 11) is -3.59. The SMILES string of the molecule is C[C@@H]1CN(S(=O)(=O)c2ccc(C(C)(C)C)s2)C[C@H]1C(=O)O. The predicted octanol–water partition coefficient (Wildman–Crippen LogP) is 2.39. The number of aliphatic carboxylic acids is 1. The Morgan fingerprint density at radius 1 is 1.33 bits per heavy atom. The van der Waals surface area contributed by atoms with E-state index >= 15 is 0 Å². The van der Waals surface area contributed by atoms with Crippen LogP contribution in [0.15, 0.2) is 16.3 Å². The summed E-state index contributed by atoms with van der Waals surface area (Å²) in [4.78, 5) is 12.1. The quantitative estimate of drug-likeness (QED) is 0.923. The van der Waals surface area contributed by atoms with Crippen molar-refractivity contribution in [1.82, 2.24) is 4.31 Å². The van der Waals surface area contributed by atoms with E-state index in [0.29, 0.717) is 4.21 Å². The van der Waals surface area contributed by atoms with E-state index in [-0.39, 0.29) is 24.4 Å². The van der Waals surface area contributed by atoms with Gasteiger partial charge in [-0.1, -0.05) is 27.7 Å². The summed E-state index contributed by atoms with van der Waals surface area (Å²) >= 11 is 1.27. The fraction of sp³-hybridized carbons (Fsp3) is 0.643. The second kappa shape index (κ2) is 5.37.